The van der Waals surface area contributed by atoms with E-state index in [9.17, 15) is 14.4 Å². The van der Waals surface area contributed by atoms with Crippen LogP contribution in [0.4, 0.5) is 0 Å². The van der Waals surface area contributed by atoms with Gasteiger partial charge in [-0.2, -0.15) is 0 Å². The molecule has 0 aromatic carbocycles. The molecule has 0 saturated heterocycles. The molecule has 454 valence electrons. The highest BCUT2D eigenvalue weighted by atomic mass is 16.6. The van der Waals surface area contributed by atoms with Crippen LogP contribution >= 0.6 is 0 Å². The molecule has 0 N–H and O–H groups in total. The number of carbonyl (C=O) groups is 3. The molecule has 0 aliphatic heterocycles. The van der Waals surface area contributed by atoms with E-state index in [4.69, 9.17) is 14.2 Å². The molecule has 6 nitrogen and oxygen atoms in total. The third kappa shape index (κ3) is 65.0. The maximum absolute atomic E-state index is 12.9. The number of hydrogen-bond donors (Lipinski definition) is 0. The summed E-state index contributed by atoms with van der Waals surface area (Å²) in [5, 5.41) is 0. The molecule has 0 aliphatic rings. The molecule has 79 heavy (non-hydrogen) atoms. The molecular formula is C73H126O6. The van der Waals surface area contributed by atoms with Gasteiger partial charge in [0.05, 0.1) is 0 Å². The van der Waals surface area contributed by atoms with Crippen LogP contribution in [0.15, 0.2) is 97.2 Å². The second-order valence-electron chi connectivity index (χ2n) is 22.4. The van der Waals surface area contributed by atoms with Crippen molar-refractivity contribution in [2.24, 2.45) is 0 Å². The first-order chi connectivity index (χ1) is 39.0. The van der Waals surface area contributed by atoms with Gasteiger partial charge in [-0.3, -0.25) is 14.4 Å². The van der Waals surface area contributed by atoms with Crippen LogP contribution in [0.25, 0.3) is 0 Å². The highest BCUT2D eigenvalue weighted by molar-refractivity contribution is 5.71. The van der Waals surface area contributed by atoms with E-state index in [2.05, 4.69) is 118 Å². The second kappa shape index (κ2) is 66.8. The number of rotatable bonds is 61. The van der Waals surface area contributed by atoms with Gasteiger partial charge in [-0.1, -0.05) is 304 Å². The standard InChI is InChI=1S/C73H126O6/c1-4-7-10-13-16-19-22-25-28-31-34-35-36-37-38-39-40-43-45-48-51-54-57-60-63-66-72(75)78-69-70(79-73(76)67-64-61-58-55-52-49-46-42-33-30-27-24-21-18-15-12-9-6-3)68-77-71(74)65-62-59-56-53-50-47-44-41-32-29-26-23-20-17-14-11-8-5-2/h7,10,16,19,21,24-25,28,30,33-35,37-38,40,43,70H,4-6,8-9,11-15,17-18,20,22-23,26-27,29,31-32,36,39,41-42,44-69H2,1-3H3/b10-7-,19-16-,24-21-,28-25-,33-30-,35-34-,38-37-,43-40-. The lowest BCUT2D eigenvalue weighted by atomic mass is 10.0. The Balaban J connectivity index is 4.40. The summed E-state index contributed by atoms with van der Waals surface area (Å²) in [4.78, 5) is 38.4. The van der Waals surface area contributed by atoms with Gasteiger partial charge >= 0.3 is 17.9 Å². The van der Waals surface area contributed by atoms with E-state index in [0.29, 0.717) is 19.3 Å². The summed E-state index contributed by atoms with van der Waals surface area (Å²) < 4.78 is 17.0. The highest BCUT2D eigenvalue weighted by Crippen LogP contribution is 2.17. The van der Waals surface area contributed by atoms with Crippen molar-refractivity contribution in [3.63, 3.8) is 0 Å². The number of allylic oxidation sites excluding steroid dienone is 16. The van der Waals surface area contributed by atoms with Gasteiger partial charge in [0.1, 0.15) is 13.2 Å². The van der Waals surface area contributed by atoms with E-state index in [1.54, 1.807) is 0 Å². The largest absolute Gasteiger partial charge is 0.462 e. The molecule has 0 fully saturated rings. The molecule has 0 rings (SSSR count). The summed E-state index contributed by atoms with van der Waals surface area (Å²) in [5.74, 6) is -0.891. The zero-order chi connectivity index (χ0) is 57.1. The third-order valence-electron chi connectivity index (χ3n) is 14.6. The minimum Gasteiger partial charge on any atom is -0.462 e. The van der Waals surface area contributed by atoms with Crippen molar-refractivity contribution in [3.8, 4) is 0 Å². The summed E-state index contributed by atoms with van der Waals surface area (Å²) in [6, 6.07) is 0. The molecule has 1 atom stereocenters. The SMILES string of the molecule is CC/C=C\C/C=C\C/C=C\C/C=C\C/C=C\C/C=C\CCCCCCCCC(=O)OCC(COC(=O)CCCCCCCCCCCCCCCCCCCC)OC(=O)CCCCCCCCC/C=C\C/C=C\CCCCCC. The molecule has 0 aliphatic carbocycles. The minimum absolute atomic E-state index is 0.0829. The van der Waals surface area contributed by atoms with E-state index >= 15 is 0 Å². The molecule has 0 amide bonds. The van der Waals surface area contributed by atoms with Gasteiger partial charge in [-0.15, -0.1) is 0 Å². The number of hydrogen-bond acceptors (Lipinski definition) is 6. The molecule has 0 aromatic rings. The Bertz CT molecular complexity index is 1540. The van der Waals surface area contributed by atoms with Crippen molar-refractivity contribution in [1.29, 1.82) is 0 Å². The third-order valence-corrected chi connectivity index (χ3v) is 14.6. The average molecular weight is 1100 g/mol. The molecule has 6 heteroatoms. The first-order valence-electron chi connectivity index (χ1n) is 33.7. The Morgan fingerprint density at radius 1 is 0.266 bits per heavy atom. The number of carbonyl (C=O) groups excluding carboxylic acids is 3. The molecule has 0 radical (unpaired) electrons. The van der Waals surface area contributed by atoms with E-state index in [1.165, 1.54) is 167 Å². The Kier molecular flexibility index (Phi) is 63.7. The Hall–Kier alpha value is -3.67. The van der Waals surface area contributed by atoms with Gasteiger partial charge in [0.2, 0.25) is 0 Å². The predicted octanol–water partition coefficient (Wildman–Crippen LogP) is 23.2. The lowest BCUT2D eigenvalue weighted by Crippen LogP contribution is -2.30. The first kappa shape index (κ1) is 75.3. The van der Waals surface area contributed by atoms with E-state index in [-0.39, 0.29) is 31.1 Å². The maximum Gasteiger partial charge on any atom is 0.306 e. The van der Waals surface area contributed by atoms with Crippen LogP contribution < -0.4 is 0 Å². The number of unbranched alkanes of at least 4 members (excludes halogenated alkanes) is 34. The minimum atomic E-state index is -0.789. The fourth-order valence-corrected chi connectivity index (χ4v) is 9.54. The van der Waals surface area contributed by atoms with Gasteiger partial charge in [0.25, 0.3) is 0 Å². The van der Waals surface area contributed by atoms with Gasteiger partial charge in [-0.25, -0.2) is 0 Å². The van der Waals surface area contributed by atoms with Crippen LogP contribution in [0.5, 0.6) is 0 Å². The van der Waals surface area contributed by atoms with Gasteiger partial charge in [0, 0.05) is 19.3 Å². The smallest absolute Gasteiger partial charge is 0.306 e. The fourth-order valence-electron chi connectivity index (χ4n) is 9.54. The molecule has 0 aromatic heterocycles. The summed E-state index contributed by atoms with van der Waals surface area (Å²) in [5.41, 5.74) is 0. The van der Waals surface area contributed by atoms with Crippen molar-refractivity contribution >= 4 is 17.9 Å². The van der Waals surface area contributed by atoms with Crippen molar-refractivity contribution in [3.05, 3.63) is 97.2 Å². The van der Waals surface area contributed by atoms with Crippen molar-refractivity contribution in [1.82, 2.24) is 0 Å². The van der Waals surface area contributed by atoms with E-state index in [1.807, 2.05) is 0 Å². The van der Waals surface area contributed by atoms with E-state index < -0.39 is 6.10 Å². The van der Waals surface area contributed by atoms with Gasteiger partial charge in [-0.05, 0) is 103 Å². The van der Waals surface area contributed by atoms with Crippen LogP contribution in [-0.4, -0.2) is 37.2 Å². The predicted molar refractivity (Wildman–Crippen MR) is 344 cm³/mol. The molecule has 0 heterocycles. The summed E-state index contributed by atoms with van der Waals surface area (Å²) in [7, 11) is 0. The van der Waals surface area contributed by atoms with Crippen LogP contribution in [0.1, 0.15) is 329 Å². The number of ether oxygens (including phenoxy) is 3. The zero-order valence-corrected chi connectivity index (χ0v) is 52.1. The van der Waals surface area contributed by atoms with Gasteiger partial charge in [0.15, 0.2) is 6.10 Å². The van der Waals surface area contributed by atoms with Crippen LogP contribution in [0.3, 0.4) is 0 Å². The van der Waals surface area contributed by atoms with Gasteiger partial charge < -0.3 is 14.2 Å². The zero-order valence-electron chi connectivity index (χ0n) is 52.1. The fraction of sp³-hybridized carbons (Fsp3) is 0.740. The molecule has 0 bridgehead atoms. The number of esters is 3. The first-order valence-corrected chi connectivity index (χ1v) is 33.7. The maximum atomic E-state index is 12.9. The second-order valence-corrected chi connectivity index (χ2v) is 22.4. The van der Waals surface area contributed by atoms with Crippen molar-refractivity contribution in [2.45, 2.75) is 335 Å². The molecule has 0 spiro atoms. The molecule has 1 unspecified atom stereocenters. The molecule has 0 saturated carbocycles. The Labute approximate surface area is 489 Å². The lowest BCUT2D eigenvalue weighted by molar-refractivity contribution is -0.167. The Morgan fingerprint density at radius 2 is 0.494 bits per heavy atom. The topological polar surface area (TPSA) is 78.9 Å². The lowest BCUT2D eigenvalue weighted by Gasteiger charge is -2.18. The molecular weight excluding hydrogens is 973 g/mol. The summed E-state index contributed by atoms with van der Waals surface area (Å²) in [6.45, 7) is 6.53. The van der Waals surface area contributed by atoms with Crippen molar-refractivity contribution in [2.75, 3.05) is 13.2 Å². The highest BCUT2D eigenvalue weighted by Gasteiger charge is 2.19. The van der Waals surface area contributed by atoms with Crippen molar-refractivity contribution < 1.29 is 28.6 Å². The van der Waals surface area contributed by atoms with Crippen LogP contribution in [0, 0.1) is 0 Å². The quantitative estimate of drug-likeness (QED) is 0.0261. The normalized spacial score (nSPS) is 12.7. The van der Waals surface area contributed by atoms with Crippen LogP contribution in [-0.2, 0) is 28.6 Å². The van der Waals surface area contributed by atoms with E-state index in [0.717, 1.165) is 122 Å². The Morgan fingerprint density at radius 3 is 0.785 bits per heavy atom. The monoisotopic (exact) mass is 1100 g/mol. The summed E-state index contributed by atoms with van der Waals surface area (Å²) in [6.07, 6.45) is 89.8. The van der Waals surface area contributed by atoms with Crippen LogP contribution in [0.2, 0.25) is 0 Å². The average Bonchev–Trinajstić information content (AvgIpc) is 3.45. The summed E-state index contributed by atoms with van der Waals surface area (Å²) >= 11 is 0.